The number of phenolic OH excluding ortho intramolecular Hbond substituents is 1. The van der Waals surface area contributed by atoms with Gasteiger partial charge >= 0.3 is 0 Å². The van der Waals surface area contributed by atoms with E-state index in [1.165, 1.54) is 38.6 Å². The first-order valence-electron chi connectivity index (χ1n) is 10.2. The van der Waals surface area contributed by atoms with Gasteiger partial charge in [-0.1, -0.05) is 30.9 Å². The molecule has 0 bridgehead atoms. The zero-order chi connectivity index (χ0) is 19.2. The molecule has 152 valence electrons. The number of aliphatic hydroxyl groups is 1. The minimum Gasteiger partial charge on any atom is -0.504 e. The average molecular weight is 397 g/mol. The molecule has 1 aliphatic heterocycles. The van der Waals surface area contributed by atoms with Crippen LogP contribution in [0.4, 0.5) is 0 Å². The van der Waals surface area contributed by atoms with E-state index in [0.29, 0.717) is 16.8 Å². The maximum atomic E-state index is 9.87. The van der Waals surface area contributed by atoms with Crippen LogP contribution in [0.25, 0.3) is 0 Å². The summed E-state index contributed by atoms with van der Waals surface area (Å²) in [6.07, 6.45) is 7.66. The second kappa shape index (κ2) is 9.97. The Balaban J connectivity index is 1.62. The molecule has 6 heteroatoms. The maximum Gasteiger partial charge on any atom is 0.160 e. The molecular formula is C21H33ClN2O3. The Kier molecular flexibility index (Phi) is 7.65. The largest absolute Gasteiger partial charge is 0.504 e. The summed E-state index contributed by atoms with van der Waals surface area (Å²) in [6, 6.07) is 3.77. The normalized spacial score (nSPS) is 22.9. The van der Waals surface area contributed by atoms with Gasteiger partial charge in [-0.3, -0.25) is 9.80 Å². The highest BCUT2D eigenvalue weighted by Crippen LogP contribution is 2.33. The third-order valence-electron chi connectivity index (χ3n) is 6.11. The molecule has 0 radical (unpaired) electrons. The van der Waals surface area contributed by atoms with Gasteiger partial charge in [0.2, 0.25) is 0 Å². The smallest absolute Gasteiger partial charge is 0.160 e. The number of methoxy groups -OCH3 is 1. The summed E-state index contributed by atoms with van der Waals surface area (Å²) in [5, 5.41) is 20.0. The van der Waals surface area contributed by atoms with Crippen molar-refractivity contribution in [3.63, 3.8) is 0 Å². The molecule has 0 spiro atoms. The van der Waals surface area contributed by atoms with Crippen LogP contribution in [0.15, 0.2) is 12.1 Å². The fraction of sp³-hybridized carbons (Fsp3) is 0.714. The first kappa shape index (κ1) is 20.7. The Morgan fingerprint density at radius 3 is 2.67 bits per heavy atom. The number of aromatic hydroxyl groups is 1. The number of hydrogen-bond acceptors (Lipinski definition) is 5. The Labute approximate surface area is 167 Å². The van der Waals surface area contributed by atoms with Crippen LogP contribution in [-0.2, 0) is 6.54 Å². The van der Waals surface area contributed by atoms with Crippen LogP contribution in [0, 0.1) is 5.92 Å². The van der Waals surface area contributed by atoms with Crippen LogP contribution < -0.4 is 4.74 Å². The van der Waals surface area contributed by atoms with E-state index in [1.54, 1.807) is 13.2 Å². The van der Waals surface area contributed by atoms with E-state index in [1.807, 2.05) is 6.07 Å². The fourth-order valence-electron chi connectivity index (χ4n) is 4.58. The summed E-state index contributed by atoms with van der Waals surface area (Å²) < 4.78 is 5.22. The number of aliphatic hydroxyl groups excluding tert-OH is 1. The van der Waals surface area contributed by atoms with E-state index in [0.717, 1.165) is 44.1 Å². The number of benzene rings is 1. The molecule has 27 heavy (non-hydrogen) atoms. The lowest BCUT2D eigenvalue weighted by molar-refractivity contribution is 0.0400. The fourth-order valence-corrected chi connectivity index (χ4v) is 4.79. The lowest BCUT2D eigenvalue weighted by atomic mass is 9.88. The van der Waals surface area contributed by atoms with E-state index in [2.05, 4.69) is 9.80 Å². The zero-order valence-corrected chi connectivity index (χ0v) is 17.1. The van der Waals surface area contributed by atoms with Crippen LogP contribution in [0.2, 0.25) is 5.02 Å². The summed E-state index contributed by atoms with van der Waals surface area (Å²) in [5.41, 5.74) is 0.967. The quantitative estimate of drug-likeness (QED) is 0.738. The molecule has 1 aliphatic carbocycles. The van der Waals surface area contributed by atoms with E-state index in [-0.39, 0.29) is 12.4 Å². The molecule has 1 unspecified atom stereocenters. The van der Waals surface area contributed by atoms with Gasteiger partial charge in [0.15, 0.2) is 11.5 Å². The van der Waals surface area contributed by atoms with Crippen molar-refractivity contribution in [1.29, 1.82) is 0 Å². The highest BCUT2D eigenvalue weighted by molar-refractivity contribution is 6.31. The first-order chi connectivity index (χ1) is 13.1. The van der Waals surface area contributed by atoms with Gasteiger partial charge in [-0.15, -0.1) is 0 Å². The molecule has 3 rings (SSSR count). The SMILES string of the molecule is COc1cc(CN2CCN(CC3CCCCC3)C(CCO)C2)c(Cl)cc1O. The molecule has 5 nitrogen and oxygen atoms in total. The Hall–Kier alpha value is -1.01. The van der Waals surface area contributed by atoms with Crippen molar-refractivity contribution in [1.82, 2.24) is 9.80 Å². The zero-order valence-electron chi connectivity index (χ0n) is 16.4. The monoisotopic (exact) mass is 396 g/mol. The van der Waals surface area contributed by atoms with Gasteiger partial charge in [0, 0.05) is 56.5 Å². The molecule has 0 amide bonds. The lowest BCUT2D eigenvalue weighted by Crippen LogP contribution is -2.54. The summed E-state index contributed by atoms with van der Waals surface area (Å²) >= 11 is 6.34. The van der Waals surface area contributed by atoms with Crippen molar-refractivity contribution in [2.45, 2.75) is 51.1 Å². The number of hydrogen-bond donors (Lipinski definition) is 2. The summed E-state index contributed by atoms with van der Waals surface area (Å²) in [5.74, 6) is 1.35. The molecule has 2 fully saturated rings. The summed E-state index contributed by atoms with van der Waals surface area (Å²) in [4.78, 5) is 5.00. The van der Waals surface area contributed by atoms with Crippen molar-refractivity contribution in [3.8, 4) is 11.5 Å². The van der Waals surface area contributed by atoms with Crippen molar-refractivity contribution in [2.75, 3.05) is 39.9 Å². The number of nitrogens with zero attached hydrogens (tertiary/aromatic N) is 2. The molecule has 1 aromatic carbocycles. The van der Waals surface area contributed by atoms with Crippen LogP contribution in [0.3, 0.4) is 0 Å². The third-order valence-corrected chi connectivity index (χ3v) is 6.46. The van der Waals surface area contributed by atoms with Crippen LogP contribution >= 0.6 is 11.6 Å². The standard InChI is InChI=1S/C21H33ClN2O3/c1-27-21-11-17(19(22)12-20(21)26)14-23-8-9-24(18(15-23)7-10-25)13-16-5-3-2-4-6-16/h11-12,16,18,25-26H,2-10,13-15H2,1H3. The minimum absolute atomic E-state index is 0.0710. The van der Waals surface area contributed by atoms with Crippen LogP contribution in [0.1, 0.15) is 44.1 Å². The van der Waals surface area contributed by atoms with Gasteiger partial charge < -0.3 is 14.9 Å². The average Bonchev–Trinajstić information content (AvgIpc) is 2.67. The Morgan fingerprint density at radius 1 is 1.19 bits per heavy atom. The predicted molar refractivity (Wildman–Crippen MR) is 109 cm³/mol. The third kappa shape index (κ3) is 5.50. The molecule has 2 N–H and O–H groups in total. The van der Waals surface area contributed by atoms with E-state index < -0.39 is 0 Å². The molecule has 1 atom stereocenters. The predicted octanol–water partition coefficient (Wildman–Crippen LogP) is 3.50. The van der Waals surface area contributed by atoms with E-state index in [9.17, 15) is 10.2 Å². The van der Waals surface area contributed by atoms with Crippen molar-refractivity contribution >= 4 is 11.6 Å². The lowest BCUT2D eigenvalue weighted by Gasteiger charge is -2.43. The molecular weight excluding hydrogens is 364 g/mol. The molecule has 1 heterocycles. The number of halogens is 1. The molecule has 0 aromatic heterocycles. The second-order valence-corrected chi connectivity index (χ2v) is 8.42. The summed E-state index contributed by atoms with van der Waals surface area (Å²) in [6.45, 7) is 5.10. The Bertz CT molecular complexity index is 607. The van der Waals surface area contributed by atoms with Crippen molar-refractivity contribution in [2.24, 2.45) is 5.92 Å². The molecule has 1 saturated carbocycles. The minimum atomic E-state index is 0.0710. The molecule has 1 aromatic rings. The second-order valence-electron chi connectivity index (χ2n) is 8.02. The maximum absolute atomic E-state index is 9.87. The van der Waals surface area contributed by atoms with Crippen LogP contribution in [-0.4, -0.2) is 66.0 Å². The van der Waals surface area contributed by atoms with Crippen molar-refractivity contribution < 1.29 is 14.9 Å². The van der Waals surface area contributed by atoms with Gasteiger partial charge in [0.25, 0.3) is 0 Å². The highest BCUT2D eigenvalue weighted by Gasteiger charge is 2.29. The van der Waals surface area contributed by atoms with Crippen LogP contribution in [0.5, 0.6) is 11.5 Å². The van der Waals surface area contributed by atoms with Gasteiger partial charge in [0.1, 0.15) is 0 Å². The van der Waals surface area contributed by atoms with E-state index >= 15 is 0 Å². The van der Waals surface area contributed by atoms with Gasteiger partial charge in [-0.05, 0) is 36.8 Å². The number of rotatable bonds is 7. The Morgan fingerprint density at radius 2 is 1.96 bits per heavy atom. The van der Waals surface area contributed by atoms with Gasteiger partial charge in [-0.25, -0.2) is 0 Å². The van der Waals surface area contributed by atoms with Gasteiger partial charge in [0.05, 0.1) is 7.11 Å². The number of ether oxygens (including phenoxy) is 1. The first-order valence-corrected chi connectivity index (χ1v) is 10.6. The number of piperazine rings is 1. The molecule has 2 aliphatic rings. The number of phenols is 1. The van der Waals surface area contributed by atoms with Crippen molar-refractivity contribution in [3.05, 3.63) is 22.7 Å². The molecule has 1 saturated heterocycles. The van der Waals surface area contributed by atoms with E-state index in [4.69, 9.17) is 16.3 Å². The van der Waals surface area contributed by atoms with Gasteiger partial charge in [-0.2, -0.15) is 0 Å². The highest BCUT2D eigenvalue weighted by atomic mass is 35.5. The topological polar surface area (TPSA) is 56.2 Å². The summed E-state index contributed by atoms with van der Waals surface area (Å²) in [7, 11) is 1.55.